The predicted molar refractivity (Wildman–Crippen MR) is 45.4 cm³/mol. The van der Waals surface area contributed by atoms with Crippen LogP contribution in [0.2, 0.25) is 0 Å². The Balaban J connectivity index is 3.43. The molecule has 2 nitrogen and oxygen atoms in total. The summed E-state index contributed by atoms with van der Waals surface area (Å²) in [6, 6.07) is 0. The van der Waals surface area contributed by atoms with E-state index in [-0.39, 0.29) is 0 Å². The van der Waals surface area contributed by atoms with Gasteiger partial charge in [-0.3, -0.25) is 0 Å². The second-order valence-corrected chi connectivity index (χ2v) is 2.26. The van der Waals surface area contributed by atoms with Gasteiger partial charge in [0, 0.05) is 7.11 Å². The first-order valence-electron chi connectivity index (χ1n) is 3.82. The molecule has 0 bridgehead atoms. The molecule has 0 unspecified atom stereocenters. The van der Waals surface area contributed by atoms with E-state index < -0.39 is 0 Å². The van der Waals surface area contributed by atoms with E-state index in [1.807, 2.05) is 6.92 Å². The van der Waals surface area contributed by atoms with E-state index in [4.69, 9.17) is 9.47 Å². The largest absolute Gasteiger partial charge is 0.491 e. The Kier molecular flexibility index (Phi) is 6.90. The van der Waals surface area contributed by atoms with Gasteiger partial charge in [-0.15, -0.1) is 0 Å². The highest BCUT2D eigenvalue weighted by atomic mass is 16.5. The highest BCUT2D eigenvalue weighted by Crippen LogP contribution is 1.93. The van der Waals surface area contributed by atoms with Gasteiger partial charge in [0.25, 0.3) is 0 Å². The van der Waals surface area contributed by atoms with Crippen LogP contribution in [-0.4, -0.2) is 20.3 Å². The number of allylic oxidation sites excluding steroid dienone is 1. The molecule has 0 fully saturated rings. The number of methoxy groups -OCH3 is 1. The van der Waals surface area contributed by atoms with Crippen LogP contribution in [0.15, 0.2) is 17.6 Å². The highest BCUT2D eigenvalue weighted by Gasteiger charge is 1.79. The molecule has 11 heavy (non-hydrogen) atoms. The summed E-state index contributed by atoms with van der Waals surface area (Å²) in [5.41, 5.74) is 4.20. The van der Waals surface area contributed by atoms with Crippen molar-refractivity contribution < 1.29 is 9.47 Å². The third-order valence-electron chi connectivity index (χ3n) is 1.32. The zero-order chi connectivity index (χ0) is 8.53. The van der Waals surface area contributed by atoms with Crippen LogP contribution < -0.4 is 0 Å². The van der Waals surface area contributed by atoms with Crippen molar-refractivity contribution in [2.75, 3.05) is 20.3 Å². The van der Waals surface area contributed by atoms with Crippen molar-refractivity contribution in [3.05, 3.63) is 17.6 Å². The minimum atomic E-state index is 0.598. The lowest BCUT2D eigenvalue weighted by atomic mass is 10.3. The SMILES string of the molecule is CCC(C)=C=COCCOC. The summed E-state index contributed by atoms with van der Waals surface area (Å²) < 4.78 is 9.86. The summed E-state index contributed by atoms with van der Waals surface area (Å²) in [5.74, 6) is 0. The molecule has 0 saturated carbocycles. The predicted octanol–water partition coefficient (Wildman–Crippen LogP) is 2.12. The van der Waals surface area contributed by atoms with Crippen LogP contribution in [0.5, 0.6) is 0 Å². The molecule has 0 aromatic rings. The molecule has 0 radical (unpaired) electrons. The third kappa shape index (κ3) is 7.17. The number of hydrogen-bond acceptors (Lipinski definition) is 2. The van der Waals surface area contributed by atoms with E-state index >= 15 is 0 Å². The molecule has 0 amide bonds. The highest BCUT2D eigenvalue weighted by molar-refractivity contribution is 4.94. The summed E-state index contributed by atoms with van der Waals surface area (Å²) in [4.78, 5) is 0. The minimum Gasteiger partial charge on any atom is -0.491 e. The van der Waals surface area contributed by atoms with Gasteiger partial charge in [-0.1, -0.05) is 12.7 Å². The number of rotatable bonds is 5. The van der Waals surface area contributed by atoms with Gasteiger partial charge in [0.1, 0.15) is 12.9 Å². The summed E-state index contributed by atoms with van der Waals surface area (Å²) in [7, 11) is 1.65. The van der Waals surface area contributed by atoms with Crippen molar-refractivity contribution >= 4 is 0 Å². The second-order valence-electron chi connectivity index (χ2n) is 2.26. The lowest BCUT2D eigenvalue weighted by Crippen LogP contribution is -1.96. The summed E-state index contributed by atoms with van der Waals surface area (Å²) >= 11 is 0. The van der Waals surface area contributed by atoms with Crippen LogP contribution in [-0.2, 0) is 9.47 Å². The molecule has 64 valence electrons. The maximum absolute atomic E-state index is 5.06. The van der Waals surface area contributed by atoms with Crippen molar-refractivity contribution in [2.24, 2.45) is 0 Å². The topological polar surface area (TPSA) is 18.5 Å². The van der Waals surface area contributed by atoms with Gasteiger partial charge >= 0.3 is 0 Å². The zero-order valence-electron chi connectivity index (χ0n) is 7.52. The van der Waals surface area contributed by atoms with Crippen LogP contribution in [0.1, 0.15) is 20.3 Å². The molecule has 0 aromatic carbocycles. The average Bonchev–Trinajstić information content (AvgIpc) is 2.04. The Labute approximate surface area is 68.5 Å². The Morgan fingerprint density at radius 1 is 1.45 bits per heavy atom. The Morgan fingerprint density at radius 3 is 2.73 bits per heavy atom. The van der Waals surface area contributed by atoms with Crippen molar-refractivity contribution in [2.45, 2.75) is 20.3 Å². The first kappa shape index (κ1) is 10.3. The van der Waals surface area contributed by atoms with Gasteiger partial charge < -0.3 is 9.47 Å². The fraction of sp³-hybridized carbons (Fsp3) is 0.667. The second kappa shape index (κ2) is 7.39. The first-order valence-corrected chi connectivity index (χ1v) is 3.82. The van der Waals surface area contributed by atoms with Crippen molar-refractivity contribution in [1.82, 2.24) is 0 Å². The molecule has 2 heteroatoms. The van der Waals surface area contributed by atoms with Gasteiger partial charge in [-0.05, 0) is 18.9 Å². The number of hydrogen-bond donors (Lipinski definition) is 0. The molecule has 0 saturated heterocycles. The molecule has 0 spiro atoms. The van der Waals surface area contributed by atoms with Gasteiger partial charge in [0.05, 0.1) is 6.61 Å². The van der Waals surface area contributed by atoms with Gasteiger partial charge in [0.2, 0.25) is 0 Å². The van der Waals surface area contributed by atoms with Gasteiger partial charge in [-0.25, -0.2) is 0 Å². The molecule has 0 N–H and O–H groups in total. The van der Waals surface area contributed by atoms with E-state index in [0.29, 0.717) is 13.2 Å². The van der Waals surface area contributed by atoms with Crippen molar-refractivity contribution in [1.29, 1.82) is 0 Å². The molecule has 0 aliphatic rings. The summed E-state index contributed by atoms with van der Waals surface area (Å²) in [6.45, 7) is 5.34. The van der Waals surface area contributed by atoms with Crippen molar-refractivity contribution in [3.63, 3.8) is 0 Å². The smallest absolute Gasteiger partial charge is 0.125 e. The molecular formula is C9H16O2. The normalized spacial score (nSPS) is 8.64. The van der Waals surface area contributed by atoms with Crippen LogP contribution in [0, 0.1) is 0 Å². The van der Waals surface area contributed by atoms with Gasteiger partial charge in [-0.2, -0.15) is 0 Å². The van der Waals surface area contributed by atoms with Gasteiger partial charge in [0.15, 0.2) is 0 Å². The van der Waals surface area contributed by atoms with Crippen LogP contribution in [0.3, 0.4) is 0 Å². The Hall–Kier alpha value is -0.720. The molecule has 0 aliphatic heterocycles. The summed E-state index contributed by atoms with van der Waals surface area (Å²) in [5, 5.41) is 0. The van der Waals surface area contributed by atoms with Crippen LogP contribution in [0.25, 0.3) is 0 Å². The monoisotopic (exact) mass is 156 g/mol. The van der Waals surface area contributed by atoms with E-state index in [1.54, 1.807) is 13.4 Å². The van der Waals surface area contributed by atoms with E-state index in [0.717, 1.165) is 6.42 Å². The number of ether oxygens (including phenoxy) is 2. The molecular weight excluding hydrogens is 140 g/mol. The maximum atomic E-state index is 5.06. The minimum absolute atomic E-state index is 0.598. The standard InChI is InChI=1S/C9H16O2/c1-4-9(2)5-6-11-8-7-10-3/h6H,4,7-8H2,1-3H3. The fourth-order valence-electron chi connectivity index (χ4n) is 0.435. The lowest BCUT2D eigenvalue weighted by Gasteiger charge is -1.96. The van der Waals surface area contributed by atoms with Crippen molar-refractivity contribution in [3.8, 4) is 0 Å². The molecule has 0 heterocycles. The summed E-state index contributed by atoms with van der Waals surface area (Å²) in [6.07, 6.45) is 2.61. The lowest BCUT2D eigenvalue weighted by molar-refractivity contribution is 0.124. The maximum Gasteiger partial charge on any atom is 0.125 e. The first-order chi connectivity index (χ1) is 5.31. The Morgan fingerprint density at radius 2 is 2.18 bits per heavy atom. The fourth-order valence-corrected chi connectivity index (χ4v) is 0.435. The van der Waals surface area contributed by atoms with E-state index in [9.17, 15) is 0 Å². The average molecular weight is 156 g/mol. The molecule has 0 aromatic heterocycles. The van der Waals surface area contributed by atoms with Crippen LogP contribution >= 0.6 is 0 Å². The van der Waals surface area contributed by atoms with Crippen LogP contribution in [0.4, 0.5) is 0 Å². The molecule has 0 atom stereocenters. The third-order valence-corrected chi connectivity index (χ3v) is 1.32. The van der Waals surface area contributed by atoms with E-state index in [2.05, 4.69) is 12.7 Å². The molecule has 0 rings (SSSR count). The Bertz CT molecular complexity index is 144. The quantitative estimate of drug-likeness (QED) is 0.345. The van der Waals surface area contributed by atoms with E-state index in [1.165, 1.54) is 5.57 Å². The molecule has 0 aliphatic carbocycles. The zero-order valence-corrected chi connectivity index (χ0v) is 7.52.